The molecule has 12 heteroatoms. The van der Waals surface area contributed by atoms with E-state index < -0.39 is 23.8 Å². The van der Waals surface area contributed by atoms with Gasteiger partial charge in [-0.25, -0.2) is 9.97 Å². The number of hydrogen-bond acceptors (Lipinski definition) is 10. The van der Waals surface area contributed by atoms with Crippen LogP contribution in [0.1, 0.15) is 76.6 Å². The lowest BCUT2D eigenvalue weighted by Crippen LogP contribution is -2.35. The monoisotopic (exact) mass is 642 g/mol. The largest absolute Gasteiger partial charge is 0.465 e. The first-order valence-electron chi connectivity index (χ1n) is 16.8. The van der Waals surface area contributed by atoms with Crippen molar-refractivity contribution in [2.75, 3.05) is 26.4 Å². The van der Waals surface area contributed by atoms with Gasteiger partial charge in [-0.15, -0.1) is 0 Å². The fraction of sp³-hybridized carbons (Fsp3) is 0.706. The van der Waals surface area contributed by atoms with Gasteiger partial charge in [0.05, 0.1) is 49.5 Å². The van der Waals surface area contributed by atoms with Crippen molar-refractivity contribution in [2.45, 2.75) is 78.1 Å². The van der Waals surface area contributed by atoms with Crippen molar-refractivity contribution in [3.8, 4) is 0 Å². The lowest BCUT2D eigenvalue weighted by molar-refractivity contribution is -0.163. The molecule has 0 aliphatic heterocycles. The van der Waals surface area contributed by atoms with Crippen molar-refractivity contribution in [3.63, 3.8) is 0 Å². The molecule has 2 saturated carbocycles. The molecule has 12 nitrogen and oxygen atoms in total. The van der Waals surface area contributed by atoms with Gasteiger partial charge in [-0.3, -0.25) is 19.2 Å². The molecule has 2 aromatic rings. The van der Waals surface area contributed by atoms with E-state index in [-0.39, 0.29) is 62.0 Å². The van der Waals surface area contributed by atoms with E-state index in [4.69, 9.17) is 18.9 Å². The molecule has 254 valence electrons. The van der Waals surface area contributed by atoms with Gasteiger partial charge < -0.3 is 28.1 Å². The molecule has 0 radical (unpaired) electrons. The van der Waals surface area contributed by atoms with Gasteiger partial charge in [-0.2, -0.15) is 0 Å². The van der Waals surface area contributed by atoms with Crippen LogP contribution in [-0.2, 0) is 65.1 Å². The molecule has 0 spiro atoms. The van der Waals surface area contributed by atoms with Crippen molar-refractivity contribution in [1.82, 2.24) is 19.1 Å². The first-order chi connectivity index (χ1) is 22.2. The van der Waals surface area contributed by atoms with Crippen LogP contribution >= 0.6 is 0 Å². The zero-order valence-electron chi connectivity index (χ0n) is 27.7. The molecule has 2 fully saturated rings. The predicted octanol–water partition coefficient (Wildman–Crippen LogP) is 4.00. The number of hydrogen-bond donors (Lipinski definition) is 0. The maximum atomic E-state index is 13.3. The van der Waals surface area contributed by atoms with E-state index in [0.717, 1.165) is 49.9 Å². The Labute approximate surface area is 271 Å². The Balaban J connectivity index is 1.31. The number of carbonyl (C=O) groups excluding carboxylic acids is 4. The summed E-state index contributed by atoms with van der Waals surface area (Å²) < 4.78 is 26.3. The summed E-state index contributed by atoms with van der Waals surface area (Å²) in [6.45, 7) is 3.85. The van der Waals surface area contributed by atoms with E-state index in [0.29, 0.717) is 25.7 Å². The minimum atomic E-state index is -0.517. The topological polar surface area (TPSA) is 141 Å². The summed E-state index contributed by atoms with van der Waals surface area (Å²) in [6.07, 6.45) is 14.3. The normalized spacial score (nSPS) is 17.6. The second-order valence-electron chi connectivity index (χ2n) is 12.8. The molecule has 4 rings (SSSR count). The lowest BCUT2D eigenvalue weighted by Gasteiger charge is -2.28. The first kappa shape index (κ1) is 35.2. The molecule has 2 heterocycles. The van der Waals surface area contributed by atoms with Gasteiger partial charge in [-0.1, -0.05) is 26.7 Å². The summed E-state index contributed by atoms with van der Waals surface area (Å²) >= 11 is 0. The Bertz CT molecular complexity index is 1200. The number of esters is 4. The number of imidazole rings is 2. The molecule has 0 N–H and O–H groups in total. The molecule has 0 amide bonds. The number of nitrogens with zero attached hydrogens (tertiary/aromatic N) is 4. The summed E-state index contributed by atoms with van der Waals surface area (Å²) in [6, 6.07) is 0. The third kappa shape index (κ3) is 9.42. The molecule has 0 bridgehead atoms. The van der Waals surface area contributed by atoms with Gasteiger partial charge in [0, 0.05) is 49.7 Å². The molecule has 2 aromatic heterocycles. The Morgan fingerprint density at radius 1 is 0.696 bits per heavy atom. The predicted molar refractivity (Wildman–Crippen MR) is 167 cm³/mol. The maximum Gasteiger partial charge on any atom is 0.309 e. The Morgan fingerprint density at radius 3 is 1.37 bits per heavy atom. The summed E-state index contributed by atoms with van der Waals surface area (Å²) in [4.78, 5) is 59.9. The van der Waals surface area contributed by atoms with Crippen molar-refractivity contribution < 1.29 is 38.1 Å². The maximum absolute atomic E-state index is 13.3. The highest BCUT2D eigenvalue weighted by Crippen LogP contribution is 2.30. The highest BCUT2D eigenvalue weighted by molar-refractivity contribution is 5.75. The van der Waals surface area contributed by atoms with Crippen LogP contribution in [0.25, 0.3) is 0 Å². The van der Waals surface area contributed by atoms with Crippen LogP contribution in [0.5, 0.6) is 0 Å². The summed E-state index contributed by atoms with van der Waals surface area (Å²) in [7, 11) is 3.77. The Hall–Kier alpha value is -3.70. The molecule has 0 saturated heterocycles. The van der Waals surface area contributed by atoms with Crippen LogP contribution in [0, 0.1) is 35.5 Å². The van der Waals surface area contributed by atoms with Gasteiger partial charge in [0.15, 0.2) is 0 Å². The van der Waals surface area contributed by atoms with Crippen LogP contribution in [0.4, 0.5) is 0 Å². The van der Waals surface area contributed by atoms with Crippen molar-refractivity contribution in [1.29, 1.82) is 0 Å². The smallest absolute Gasteiger partial charge is 0.309 e. The fourth-order valence-corrected chi connectivity index (χ4v) is 6.12. The third-order valence-corrected chi connectivity index (χ3v) is 9.73. The summed E-state index contributed by atoms with van der Waals surface area (Å²) in [5, 5.41) is 0. The summed E-state index contributed by atoms with van der Waals surface area (Å²) in [5.74, 6) is -2.98. The van der Waals surface area contributed by atoms with Gasteiger partial charge in [0.2, 0.25) is 0 Å². The standard InChI is InChI=1S/C34H50N4O8/c1-5-29(25(15-27-17-35-21-37(27)3)19-45-31(39)23-9-7-10-23)33(41)43-13-14-44-34(42)30(6-2)26(16-28-18-36-22-38(28)4)20-46-32(40)24-11-8-12-24/h17-18,21-26,29-30H,5-16,19-20H2,1-4H3/t25-,26-,29-,30-/m0/s1. The average molecular weight is 643 g/mol. The highest BCUT2D eigenvalue weighted by atomic mass is 16.6. The van der Waals surface area contributed by atoms with E-state index in [1.807, 2.05) is 37.1 Å². The minimum absolute atomic E-state index is 0.0514. The first-order valence-corrected chi connectivity index (χ1v) is 16.8. The molecule has 4 atom stereocenters. The number of aryl methyl sites for hydroxylation is 2. The van der Waals surface area contributed by atoms with Gasteiger partial charge in [0.25, 0.3) is 0 Å². The van der Waals surface area contributed by atoms with Crippen LogP contribution < -0.4 is 0 Å². The molecule has 0 unspecified atom stereocenters. The van der Waals surface area contributed by atoms with Gasteiger partial charge in [-0.05, 0) is 51.4 Å². The zero-order valence-corrected chi connectivity index (χ0v) is 27.7. The number of rotatable bonds is 19. The van der Waals surface area contributed by atoms with Gasteiger partial charge in [0.1, 0.15) is 13.2 Å². The van der Waals surface area contributed by atoms with Crippen LogP contribution in [0.3, 0.4) is 0 Å². The zero-order chi connectivity index (χ0) is 33.1. The molecule has 2 aliphatic rings. The molecule has 0 aromatic carbocycles. The number of aromatic nitrogens is 4. The molecular formula is C34H50N4O8. The molecule has 2 aliphatic carbocycles. The van der Waals surface area contributed by atoms with E-state index in [2.05, 4.69) is 9.97 Å². The highest BCUT2D eigenvalue weighted by Gasteiger charge is 2.34. The van der Waals surface area contributed by atoms with E-state index in [1.165, 1.54) is 0 Å². The third-order valence-electron chi connectivity index (χ3n) is 9.73. The molecule has 46 heavy (non-hydrogen) atoms. The second kappa shape index (κ2) is 17.3. The van der Waals surface area contributed by atoms with Gasteiger partial charge >= 0.3 is 23.9 Å². The fourth-order valence-electron chi connectivity index (χ4n) is 6.12. The lowest BCUT2D eigenvalue weighted by atomic mass is 9.85. The Morgan fingerprint density at radius 2 is 1.09 bits per heavy atom. The quantitative estimate of drug-likeness (QED) is 0.125. The van der Waals surface area contributed by atoms with Crippen molar-refractivity contribution >= 4 is 23.9 Å². The van der Waals surface area contributed by atoms with Crippen molar-refractivity contribution in [2.24, 2.45) is 49.6 Å². The Kier molecular flexibility index (Phi) is 13.2. The number of ether oxygens (including phenoxy) is 4. The van der Waals surface area contributed by atoms with Crippen LogP contribution in [0.15, 0.2) is 25.0 Å². The second-order valence-corrected chi connectivity index (χ2v) is 12.8. The number of carbonyl (C=O) groups is 4. The average Bonchev–Trinajstić information content (AvgIpc) is 3.57. The summed E-state index contributed by atoms with van der Waals surface area (Å²) in [5.41, 5.74) is 1.85. The van der Waals surface area contributed by atoms with E-state index in [1.54, 1.807) is 25.0 Å². The van der Waals surface area contributed by atoms with Crippen molar-refractivity contribution in [3.05, 3.63) is 36.4 Å². The van der Waals surface area contributed by atoms with E-state index in [9.17, 15) is 19.2 Å². The van der Waals surface area contributed by atoms with Crippen LogP contribution in [-0.4, -0.2) is 69.4 Å². The van der Waals surface area contributed by atoms with E-state index >= 15 is 0 Å². The van der Waals surface area contributed by atoms with Crippen LogP contribution in [0.2, 0.25) is 0 Å². The minimum Gasteiger partial charge on any atom is -0.465 e. The SMILES string of the molecule is CC[C@H](C(=O)OCCOC(=O)[C@@H](CC)[C@H](COC(=O)C1CCC1)Cc1cncn1C)[C@H](COC(=O)C1CCC1)Cc1cncn1C. The molecular weight excluding hydrogens is 592 g/mol.